The fourth-order valence-electron chi connectivity index (χ4n) is 4.88. The molecule has 0 unspecified atom stereocenters. The molecule has 0 bridgehead atoms. The largest absolute Gasteiger partial charge is 0.356 e. The number of hydrogen-bond donors (Lipinski definition) is 1. The lowest BCUT2D eigenvalue weighted by molar-refractivity contribution is 0.0935. The molecule has 0 saturated carbocycles. The molecule has 1 N–H and O–H groups in total. The molecule has 6 nitrogen and oxygen atoms in total. The maximum absolute atomic E-state index is 12.6. The van der Waals surface area contributed by atoms with E-state index < -0.39 is 0 Å². The second-order valence-electron chi connectivity index (χ2n) is 8.80. The van der Waals surface area contributed by atoms with Crippen LogP contribution in [-0.2, 0) is 12.8 Å². The van der Waals surface area contributed by atoms with Gasteiger partial charge in [-0.25, -0.2) is 9.97 Å². The first-order chi connectivity index (χ1) is 16.2. The van der Waals surface area contributed by atoms with Crippen LogP contribution in [0.3, 0.4) is 0 Å². The third-order valence-corrected chi connectivity index (χ3v) is 8.74. The van der Waals surface area contributed by atoms with E-state index in [9.17, 15) is 4.79 Å². The first-order valence-corrected chi connectivity index (χ1v) is 13.1. The summed E-state index contributed by atoms with van der Waals surface area (Å²) in [5, 5.41) is 4.48. The van der Waals surface area contributed by atoms with E-state index in [4.69, 9.17) is 9.97 Å². The molecule has 8 heteroatoms. The first-order valence-electron chi connectivity index (χ1n) is 11.5. The van der Waals surface area contributed by atoms with Gasteiger partial charge in [-0.3, -0.25) is 9.78 Å². The number of nitrogens with zero attached hydrogens (tertiary/aromatic N) is 4. The topological polar surface area (TPSA) is 71.0 Å². The maximum Gasteiger partial charge on any atom is 0.261 e. The van der Waals surface area contributed by atoms with Gasteiger partial charge in [0, 0.05) is 46.8 Å². The lowest BCUT2D eigenvalue weighted by Crippen LogP contribution is -2.45. The first kappa shape index (κ1) is 20.7. The molecule has 0 spiro atoms. The van der Waals surface area contributed by atoms with E-state index in [1.54, 1.807) is 17.5 Å². The summed E-state index contributed by atoms with van der Waals surface area (Å²) in [4.78, 5) is 33.8. The number of anilines is 1. The van der Waals surface area contributed by atoms with Crippen LogP contribution in [-0.4, -0.2) is 40.0 Å². The number of aromatic nitrogens is 3. The Morgan fingerprint density at radius 1 is 1.12 bits per heavy atom. The monoisotopic (exact) mass is 475 g/mol. The minimum absolute atomic E-state index is 0.0468. The van der Waals surface area contributed by atoms with Gasteiger partial charge in [0.25, 0.3) is 5.91 Å². The molecule has 4 aromatic rings. The Hall–Kier alpha value is -2.84. The molecule has 0 radical (unpaired) electrons. The molecule has 1 saturated heterocycles. The van der Waals surface area contributed by atoms with Gasteiger partial charge in [-0.15, -0.1) is 22.7 Å². The summed E-state index contributed by atoms with van der Waals surface area (Å²) in [5.74, 6) is 1.84. The van der Waals surface area contributed by atoms with E-state index in [1.165, 1.54) is 22.2 Å². The van der Waals surface area contributed by atoms with Gasteiger partial charge in [-0.1, -0.05) is 0 Å². The van der Waals surface area contributed by atoms with Gasteiger partial charge in [-0.05, 0) is 68.9 Å². The Kier molecular flexibility index (Phi) is 5.34. The highest BCUT2D eigenvalue weighted by molar-refractivity contribution is 7.19. The highest BCUT2D eigenvalue weighted by atomic mass is 32.1. The van der Waals surface area contributed by atoms with Crippen LogP contribution in [0.25, 0.3) is 21.6 Å². The Labute approximate surface area is 200 Å². The molecular formula is C25H25N5OS2. The van der Waals surface area contributed by atoms with Crippen molar-refractivity contribution in [3.63, 3.8) is 0 Å². The SMILES string of the molecule is Cc1ccc(C(=O)NC2CCN(c3nc(-c4cccnc4)nc4sc5c(c34)CCC5)CC2)s1. The van der Waals surface area contributed by atoms with Crippen LogP contribution in [0.15, 0.2) is 36.7 Å². The van der Waals surface area contributed by atoms with E-state index in [-0.39, 0.29) is 11.9 Å². The minimum atomic E-state index is 0.0468. The Morgan fingerprint density at radius 3 is 2.76 bits per heavy atom. The van der Waals surface area contributed by atoms with Gasteiger partial charge in [0.2, 0.25) is 0 Å². The van der Waals surface area contributed by atoms with Gasteiger partial charge >= 0.3 is 0 Å². The molecule has 0 atom stereocenters. The summed E-state index contributed by atoms with van der Waals surface area (Å²) >= 11 is 3.38. The molecule has 0 aromatic carbocycles. The molecule has 1 aliphatic heterocycles. The quantitative estimate of drug-likeness (QED) is 0.449. The van der Waals surface area contributed by atoms with E-state index in [1.807, 2.05) is 48.7 Å². The fourth-order valence-corrected chi connectivity index (χ4v) is 6.90. The minimum Gasteiger partial charge on any atom is -0.356 e. The molecular weight excluding hydrogens is 450 g/mol. The van der Waals surface area contributed by atoms with Crippen LogP contribution in [0.2, 0.25) is 0 Å². The average molecular weight is 476 g/mol. The Bertz CT molecular complexity index is 1320. The predicted molar refractivity (Wildman–Crippen MR) is 134 cm³/mol. The molecule has 1 fully saturated rings. The van der Waals surface area contributed by atoms with E-state index in [0.717, 1.165) is 70.6 Å². The molecule has 5 heterocycles. The number of nitrogens with one attached hydrogen (secondary N) is 1. The van der Waals surface area contributed by atoms with Gasteiger partial charge in [0.1, 0.15) is 10.6 Å². The van der Waals surface area contributed by atoms with Crippen LogP contribution in [0, 0.1) is 6.92 Å². The zero-order valence-corrected chi connectivity index (χ0v) is 20.1. The number of piperidine rings is 1. The summed E-state index contributed by atoms with van der Waals surface area (Å²) in [7, 11) is 0. The van der Waals surface area contributed by atoms with Crippen molar-refractivity contribution in [2.45, 2.75) is 45.1 Å². The number of rotatable bonds is 4. The smallest absolute Gasteiger partial charge is 0.261 e. The molecule has 168 valence electrons. The second kappa shape index (κ2) is 8.50. The van der Waals surface area contributed by atoms with Crippen molar-refractivity contribution in [2.75, 3.05) is 18.0 Å². The molecule has 1 amide bonds. The number of aryl methyl sites for hydroxylation is 3. The standard InChI is InChI=1S/C25H25N5OS2/c1-15-7-8-20(32-15)24(31)27-17-9-12-30(13-10-17)23-21-18-5-2-6-19(18)33-25(21)29-22(28-23)16-4-3-11-26-14-16/h3-4,7-8,11,14,17H,2,5-6,9-10,12-13H2,1H3,(H,27,31). The van der Waals surface area contributed by atoms with Crippen molar-refractivity contribution in [2.24, 2.45) is 0 Å². The highest BCUT2D eigenvalue weighted by Gasteiger charge is 2.28. The van der Waals surface area contributed by atoms with Gasteiger partial charge < -0.3 is 10.2 Å². The number of hydrogen-bond acceptors (Lipinski definition) is 7. The van der Waals surface area contributed by atoms with Crippen molar-refractivity contribution in [3.05, 3.63) is 56.9 Å². The van der Waals surface area contributed by atoms with Gasteiger partial charge in [0.15, 0.2) is 5.82 Å². The molecule has 6 rings (SSSR count). The summed E-state index contributed by atoms with van der Waals surface area (Å²) in [6, 6.07) is 8.06. The molecule has 1 aliphatic carbocycles. The molecule has 2 aliphatic rings. The number of amides is 1. The van der Waals surface area contributed by atoms with Gasteiger partial charge in [-0.2, -0.15) is 0 Å². The summed E-state index contributed by atoms with van der Waals surface area (Å²) in [6.07, 6.45) is 8.92. The van der Waals surface area contributed by atoms with E-state index in [0.29, 0.717) is 0 Å². The summed E-state index contributed by atoms with van der Waals surface area (Å²) in [5.41, 5.74) is 2.40. The lowest BCUT2D eigenvalue weighted by Gasteiger charge is -2.33. The Balaban J connectivity index is 1.27. The zero-order chi connectivity index (χ0) is 22.4. The zero-order valence-electron chi connectivity index (χ0n) is 18.5. The number of pyridine rings is 1. The third kappa shape index (κ3) is 3.91. The second-order valence-corrected chi connectivity index (χ2v) is 11.2. The van der Waals surface area contributed by atoms with Crippen LogP contribution in [0.4, 0.5) is 5.82 Å². The summed E-state index contributed by atoms with van der Waals surface area (Å²) in [6.45, 7) is 3.78. The number of thiophene rings is 2. The normalized spacial score (nSPS) is 16.3. The molecule has 33 heavy (non-hydrogen) atoms. The number of carbonyl (C=O) groups is 1. The predicted octanol–water partition coefficient (Wildman–Crippen LogP) is 5.01. The fraction of sp³-hybridized carbons (Fsp3) is 0.360. The lowest BCUT2D eigenvalue weighted by atomic mass is 10.0. The van der Waals surface area contributed by atoms with Gasteiger partial charge in [0.05, 0.1) is 10.3 Å². The van der Waals surface area contributed by atoms with Crippen molar-refractivity contribution >= 4 is 44.6 Å². The summed E-state index contributed by atoms with van der Waals surface area (Å²) < 4.78 is 0. The van der Waals surface area contributed by atoms with Crippen LogP contribution >= 0.6 is 22.7 Å². The number of fused-ring (bicyclic) bond motifs is 3. The van der Waals surface area contributed by atoms with Crippen molar-refractivity contribution in [3.8, 4) is 11.4 Å². The Morgan fingerprint density at radius 2 is 2.00 bits per heavy atom. The van der Waals surface area contributed by atoms with Crippen molar-refractivity contribution in [1.29, 1.82) is 0 Å². The van der Waals surface area contributed by atoms with Crippen LogP contribution in [0.5, 0.6) is 0 Å². The van der Waals surface area contributed by atoms with Crippen molar-refractivity contribution < 1.29 is 4.79 Å². The third-order valence-electron chi connectivity index (χ3n) is 6.56. The maximum atomic E-state index is 12.6. The van der Waals surface area contributed by atoms with Crippen LogP contribution < -0.4 is 10.2 Å². The van der Waals surface area contributed by atoms with Crippen molar-refractivity contribution in [1.82, 2.24) is 20.3 Å². The average Bonchev–Trinajstić information content (AvgIpc) is 3.55. The molecule has 4 aromatic heterocycles. The van der Waals surface area contributed by atoms with E-state index in [2.05, 4.69) is 15.2 Å². The highest BCUT2D eigenvalue weighted by Crippen LogP contribution is 2.42. The number of carbonyl (C=O) groups excluding carboxylic acids is 1. The van der Waals surface area contributed by atoms with E-state index >= 15 is 0 Å². The van der Waals surface area contributed by atoms with Crippen LogP contribution in [0.1, 0.15) is 44.3 Å².